The van der Waals surface area contributed by atoms with E-state index in [1.807, 2.05) is 6.08 Å². The van der Waals surface area contributed by atoms with Gasteiger partial charge in [-0.3, -0.25) is 9.78 Å². The van der Waals surface area contributed by atoms with Gasteiger partial charge >= 0.3 is 5.97 Å². The lowest BCUT2D eigenvalue weighted by molar-refractivity contribution is -0.109. The Hall–Kier alpha value is -1.62. The van der Waals surface area contributed by atoms with Gasteiger partial charge in [0.05, 0.1) is 11.3 Å². The Labute approximate surface area is 104 Å². The van der Waals surface area contributed by atoms with Gasteiger partial charge in [-0.05, 0) is 24.6 Å². The average molecular weight is 251 g/mol. The summed E-state index contributed by atoms with van der Waals surface area (Å²) in [6.07, 6.45) is 5.85. The van der Waals surface area contributed by atoms with Crippen molar-refractivity contribution in [3.05, 3.63) is 35.7 Å². The monoisotopic (exact) mass is 251 g/mol. The van der Waals surface area contributed by atoms with Crippen LogP contribution in [0.3, 0.4) is 0 Å². The molecule has 5 heteroatoms. The Balaban J connectivity index is 2.50. The van der Waals surface area contributed by atoms with E-state index in [0.29, 0.717) is 5.69 Å². The topological polar surface area (TPSA) is 67.3 Å². The third-order valence-electron chi connectivity index (χ3n) is 1.91. The highest BCUT2D eigenvalue weighted by Gasteiger charge is 2.01. The van der Waals surface area contributed by atoms with Crippen LogP contribution in [0.2, 0.25) is 0 Å². The molecule has 4 nitrogen and oxygen atoms in total. The molecular formula is C12H13NO3S. The molecule has 1 N–H and O–H groups in total. The SMILES string of the molecule is CC(=O)SCCC=Cc1cc(C(=O)O)ccn1. The largest absolute Gasteiger partial charge is 0.478 e. The number of allylic oxidation sites excluding steroid dienone is 1. The van der Waals surface area contributed by atoms with Crippen molar-refractivity contribution in [3.63, 3.8) is 0 Å². The summed E-state index contributed by atoms with van der Waals surface area (Å²) in [5.74, 6) is -0.237. The highest BCUT2D eigenvalue weighted by molar-refractivity contribution is 8.13. The van der Waals surface area contributed by atoms with Crippen molar-refractivity contribution in [1.29, 1.82) is 0 Å². The summed E-state index contributed by atoms with van der Waals surface area (Å²) in [7, 11) is 0. The fourth-order valence-corrected chi connectivity index (χ4v) is 1.69. The van der Waals surface area contributed by atoms with E-state index in [0.717, 1.165) is 12.2 Å². The second-order valence-electron chi connectivity index (χ2n) is 3.31. The maximum Gasteiger partial charge on any atom is 0.335 e. The predicted octanol–water partition coefficient (Wildman–Crippen LogP) is 2.46. The van der Waals surface area contributed by atoms with Gasteiger partial charge in [0.25, 0.3) is 0 Å². The Morgan fingerprint density at radius 2 is 2.29 bits per heavy atom. The molecule has 0 fully saturated rings. The Bertz CT molecular complexity index is 443. The van der Waals surface area contributed by atoms with E-state index in [9.17, 15) is 9.59 Å². The van der Waals surface area contributed by atoms with Gasteiger partial charge in [0, 0.05) is 18.9 Å². The second-order valence-corrected chi connectivity index (χ2v) is 4.58. The van der Waals surface area contributed by atoms with E-state index in [1.165, 1.54) is 37.0 Å². The van der Waals surface area contributed by atoms with E-state index < -0.39 is 5.97 Å². The molecule has 0 bridgehead atoms. The van der Waals surface area contributed by atoms with Gasteiger partial charge in [-0.25, -0.2) is 4.79 Å². The molecular weight excluding hydrogens is 238 g/mol. The Morgan fingerprint density at radius 1 is 1.53 bits per heavy atom. The first-order valence-corrected chi connectivity index (χ1v) is 6.07. The zero-order chi connectivity index (χ0) is 12.7. The minimum atomic E-state index is -0.964. The van der Waals surface area contributed by atoms with Crippen molar-refractivity contribution in [3.8, 4) is 0 Å². The lowest BCUT2D eigenvalue weighted by Crippen LogP contribution is -1.96. The molecule has 0 saturated heterocycles. The Kier molecular flexibility index (Phi) is 5.42. The third-order valence-corrected chi connectivity index (χ3v) is 2.75. The summed E-state index contributed by atoms with van der Waals surface area (Å²) in [5.41, 5.74) is 0.829. The molecule has 0 aromatic carbocycles. The number of hydrogen-bond acceptors (Lipinski definition) is 4. The van der Waals surface area contributed by atoms with Gasteiger partial charge in [0.1, 0.15) is 0 Å². The second kappa shape index (κ2) is 6.85. The van der Waals surface area contributed by atoms with E-state index >= 15 is 0 Å². The number of aromatic nitrogens is 1. The summed E-state index contributed by atoms with van der Waals surface area (Å²) in [4.78, 5) is 25.4. The van der Waals surface area contributed by atoms with E-state index in [2.05, 4.69) is 4.98 Å². The van der Waals surface area contributed by atoms with Crippen LogP contribution in [-0.4, -0.2) is 26.9 Å². The van der Waals surface area contributed by atoms with Gasteiger partial charge < -0.3 is 5.11 Å². The molecule has 1 rings (SSSR count). The molecule has 0 unspecified atom stereocenters. The van der Waals surface area contributed by atoms with Crippen LogP contribution in [-0.2, 0) is 4.79 Å². The quantitative estimate of drug-likeness (QED) is 0.814. The smallest absolute Gasteiger partial charge is 0.335 e. The summed E-state index contributed by atoms with van der Waals surface area (Å²) in [6.45, 7) is 1.53. The first-order chi connectivity index (χ1) is 8.09. The molecule has 0 saturated carbocycles. The highest BCUT2D eigenvalue weighted by Crippen LogP contribution is 2.07. The first kappa shape index (κ1) is 13.4. The van der Waals surface area contributed by atoms with Crippen LogP contribution < -0.4 is 0 Å². The van der Waals surface area contributed by atoms with Crippen LogP contribution in [0.4, 0.5) is 0 Å². The average Bonchev–Trinajstić information content (AvgIpc) is 2.28. The summed E-state index contributed by atoms with van der Waals surface area (Å²) < 4.78 is 0. The number of rotatable bonds is 5. The number of nitrogens with zero attached hydrogens (tertiary/aromatic N) is 1. The number of carboxylic acids is 1. The molecule has 90 valence electrons. The molecule has 1 aromatic heterocycles. The lowest BCUT2D eigenvalue weighted by Gasteiger charge is -1.96. The van der Waals surface area contributed by atoms with Crippen molar-refractivity contribution in [2.75, 3.05) is 5.75 Å². The van der Waals surface area contributed by atoms with Crippen LogP contribution in [0.5, 0.6) is 0 Å². The van der Waals surface area contributed by atoms with Crippen LogP contribution in [0.15, 0.2) is 24.4 Å². The zero-order valence-corrected chi connectivity index (χ0v) is 10.2. The molecule has 0 radical (unpaired) electrons. The fourth-order valence-electron chi connectivity index (χ4n) is 1.15. The van der Waals surface area contributed by atoms with E-state index in [1.54, 1.807) is 6.08 Å². The summed E-state index contributed by atoms with van der Waals surface area (Å²) >= 11 is 1.27. The summed E-state index contributed by atoms with van der Waals surface area (Å²) in [6, 6.07) is 2.96. The van der Waals surface area contributed by atoms with Gasteiger partial charge in [0.2, 0.25) is 0 Å². The number of aromatic carboxylic acids is 1. The Morgan fingerprint density at radius 3 is 2.94 bits per heavy atom. The number of hydrogen-bond donors (Lipinski definition) is 1. The normalized spacial score (nSPS) is 10.6. The number of carbonyl (C=O) groups excluding carboxylic acids is 1. The zero-order valence-electron chi connectivity index (χ0n) is 9.42. The van der Waals surface area contributed by atoms with Gasteiger partial charge in [-0.1, -0.05) is 17.8 Å². The van der Waals surface area contributed by atoms with E-state index in [4.69, 9.17) is 5.11 Å². The molecule has 0 aliphatic heterocycles. The number of thioether (sulfide) groups is 1. The van der Waals surface area contributed by atoms with Crippen molar-refractivity contribution in [1.82, 2.24) is 4.98 Å². The molecule has 17 heavy (non-hydrogen) atoms. The molecule has 0 atom stereocenters. The molecule has 0 aliphatic carbocycles. The van der Waals surface area contributed by atoms with Crippen molar-refractivity contribution in [2.24, 2.45) is 0 Å². The number of carboxylic acid groups (broad SMARTS) is 1. The standard InChI is InChI=1S/C12H13NO3S/c1-9(14)17-7-3-2-4-11-8-10(12(15)16)5-6-13-11/h2,4-6,8H,3,7H2,1H3,(H,15,16). The van der Waals surface area contributed by atoms with Gasteiger partial charge in [-0.15, -0.1) is 0 Å². The van der Waals surface area contributed by atoms with Crippen LogP contribution in [0.1, 0.15) is 29.4 Å². The van der Waals surface area contributed by atoms with Crippen LogP contribution in [0.25, 0.3) is 6.08 Å². The minimum absolute atomic E-state index is 0.101. The lowest BCUT2D eigenvalue weighted by atomic mass is 10.2. The molecule has 0 spiro atoms. The number of carbonyl (C=O) groups is 2. The minimum Gasteiger partial charge on any atom is -0.478 e. The van der Waals surface area contributed by atoms with Crippen molar-refractivity contribution >= 4 is 28.9 Å². The van der Waals surface area contributed by atoms with Gasteiger partial charge in [0.15, 0.2) is 5.12 Å². The fraction of sp³-hybridized carbons (Fsp3) is 0.250. The maximum atomic E-state index is 10.7. The third kappa shape index (κ3) is 5.31. The molecule has 1 aromatic rings. The molecule has 1 heterocycles. The maximum absolute atomic E-state index is 10.7. The van der Waals surface area contributed by atoms with Crippen molar-refractivity contribution in [2.45, 2.75) is 13.3 Å². The first-order valence-electron chi connectivity index (χ1n) is 5.09. The molecule has 0 amide bonds. The summed E-state index contributed by atoms with van der Waals surface area (Å²) in [5, 5.41) is 8.89. The van der Waals surface area contributed by atoms with Crippen LogP contribution >= 0.6 is 11.8 Å². The number of pyridine rings is 1. The van der Waals surface area contributed by atoms with Crippen molar-refractivity contribution < 1.29 is 14.7 Å². The molecule has 0 aliphatic rings. The predicted molar refractivity (Wildman–Crippen MR) is 68.0 cm³/mol. The highest BCUT2D eigenvalue weighted by atomic mass is 32.2. The van der Waals surface area contributed by atoms with Gasteiger partial charge in [-0.2, -0.15) is 0 Å². The van der Waals surface area contributed by atoms with Crippen LogP contribution in [0, 0.1) is 0 Å². The van der Waals surface area contributed by atoms with E-state index in [-0.39, 0.29) is 10.7 Å².